The first-order valence-electron chi connectivity index (χ1n) is 3.63. The van der Waals surface area contributed by atoms with Crippen LogP contribution in [0.25, 0.3) is 0 Å². The molecule has 0 saturated carbocycles. The highest BCUT2D eigenvalue weighted by atomic mass is 16.2. The fraction of sp³-hybridized carbons (Fsp3) is 0.286. The van der Waals surface area contributed by atoms with Crippen molar-refractivity contribution in [1.29, 1.82) is 0 Å². The average Bonchev–Trinajstić information content (AvgIpc) is 2.61. The molecule has 1 saturated heterocycles. The maximum absolute atomic E-state index is 11.1. The number of rotatable bonds is 1. The van der Waals surface area contributed by atoms with E-state index < -0.39 is 0 Å². The van der Waals surface area contributed by atoms with E-state index in [-0.39, 0.29) is 11.8 Å². The van der Waals surface area contributed by atoms with Crippen LogP contribution in [0, 0.1) is 0 Å². The largest absolute Gasteiger partial charge is 0.284 e. The van der Waals surface area contributed by atoms with Gasteiger partial charge in [-0.15, -0.1) is 0 Å². The number of hydrogen-bond acceptors (Lipinski definition) is 3. The van der Waals surface area contributed by atoms with E-state index in [0.717, 1.165) is 4.90 Å². The predicted molar refractivity (Wildman–Crippen MR) is 40.3 cm³/mol. The van der Waals surface area contributed by atoms with Crippen molar-refractivity contribution < 1.29 is 9.59 Å². The Labute approximate surface area is 68.4 Å². The monoisotopic (exact) mass is 165 g/mol. The summed E-state index contributed by atoms with van der Waals surface area (Å²) in [5.74, 6) is -0.303. The average molecular weight is 165 g/mol. The number of nitrogens with one attached hydrogen (secondary N) is 1. The third kappa shape index (κ3) is 0.903. The summed E-state index contributed by atoms with van der Waals surface area (Å²) < 4.78 is 0. The van der Waals surface area contributed by atoms with Crippen molar-refractivity contribution in [3.63, 3.8) is 0 Å². The summed E-state index contributed by atoms with van der Waals surface area (Å²) in [5.41, 5.74) is 0.530. The van der Waals surface area contributed by atoms with Crippen molar-refractivity contribution in [2.45, 2.75) is 12.8 Å². The number of carbonyl (C=O) groups excluding carboxylic acids is 2. The Kier molecular flexibility index (Phi) is 1.43. The van der Waals surface area contributed by atoms with Gasteiger partial charge in [0.25, 0.3) is 0 Å². The summed E-state index contributed by atoms with van der Waals surface area (Å²) in [6, 6.07) is 0. The van der Waals surface area contributed by atoms with Crippen LogP contribution in [0.5, 0.6) is 0 Å². The molecule has 0 bridgehead atoms. The number of anilines is 1. The molecule has 0 aromatic carbocycles. The molecule has 1 aliphatic heterocycles. The molecule has 5 heteroatoms. The molecule has 2 rings (SSSR count). The van der Waals surface area contributed by atoms with E-state index in [9.17, 15) is 9.59 Å². The van der Waals surface area contributed by atoms with Gasteiger partial charge in [0, 0.05) is 19.0 Å². The van der Waals surface area contributed by atoms with Gasteiger partial charge in [0.15, 0.2) is 0 Å². The number of H-pyrrole nitrogens is 1. The van der Waals surface area contributed by atoms with Crippen molar-refractivity contribution in [2.75, 3.05) is 4.90 Å². The number of amides is 2. The number of carbonyl (C=O) groups is 2. The smallest absolute Gasteiger partial charge is 0.234 e. The summed E-state index contributed by atoms with van der Waals surface area (Å²) in [7, 11) is 0. The molecule has 1 aliphatic rings. The highest BCUT2D eigenvalue weighted by Gasteiger charge is 2.30. The third-order valence-electron chi connectivity index (χ3n) is 1.79. The number of nitrogens with zero attached hydrogens (tertiary/aromatic N) is 2. The van der Waals surface area contributed by atoms with E-state index in [1.54, 1.807) is 0 Å². The molecule has 0 atom stereocenters. The lowest BCUT2D eigenvalue weighted by atomic mass is 10.4. The topological polar surface area (TPSA) is 66.1 Å². The van der Waals surface area contributed by atoms with Crippen LogP contribution in [-0.2, 0) is 9.59 Å². The molecular weight excluding hydrogens is 158 g/mol. The van der Waals surface area contributed by atoms with Gasteiger partial charge in [0.05, 0.1) is 11.9 Å². The van der Waals surface area contributed by atoms with E-state index in [1.807, 2.05) is 0 Å². The Balaban J connectivity index is 2.34. The van der Waals surface area contributed by atoms with Gasteiger partial charge in [0.1, 0.15) is 0 Å². The first kappa shape index (κ1) is 7.02. The van der Waals surface area contributed by atoms with Crippen molar-refractivity contribution in [3.05, 3.63) is 12.4 Å². The van der Waals surface area contributed by atoms with Crippen LogP contribution in [0.15, 0.2) is 12.4 Å². The van der Waals surface area contributed by atoms with Crippen molar-refractivity contribution in [1.82, 2.24) is 10.2 Å². The van der Waals surface area contributed by atoms with Gasteiger partial charge in [0.2, 0.25) is 11.8 Å². The van der Waals surface area contributed by atoms with Gasteiger partial charge in [-0.2, -0.15) is 5.10 Å². The van der Waals surface area contributed by atoms with Crippen LogP contribution in [0.4, 0.5) is 5.69 Å². The molecule has 0 radical (unpaired) electrons. The van der Waals surface area contributed by atoms with E-state index in [2.05, 4.69) is 10.2 Å². The number of aromatic amines is 1. The second-order valence-corrected chi connectivity index (χ2v) is 2.58. The van der Waals surface area contributed by atoms with Gasteiger partial charge in [-0.1, -0.05) is 0 Å². The summed E-state index contributed by atoms with van der Waals surface area (Å²) in [4.78, 5) is 23.4. The SMILES string of the molecule is O=C1CCC(=O)N1c1cn[nH]c1. The summed E-state index contributed by atoms with van der Waals surface area (Å²) >= 11 is 0. The second-order valence-electron chi connectivity index (χ2n) is 2.58. The lowest BCUT2D eigenvalue weighted by Gasteiger charge is -2.09. The summed E-state index contributed by atoms with van der Waals surface area (Å²) in [5, 5.41) is 6.22. The normalized spacial score (nSPS) is 17.5. The summed E-state index contributed by atoms with van der Waals surface area (Å²) in [6.07, 6.45) is 3.61. The van der Waals surface area contributed by atoms with Crippen LogP contribution in [0.3, 0.4) is 0 Å². The van der Waals surface area contributed by atoms with E-state index >= 15 is 0 Å². The maximum atomic E-state index is 11.1. The predicted octanol–water partition coefficient (Wildman–Crippen LogP) is 0.0631. The molecule has 0 unspecified atom stereocenters. The maximum Gasteiger partial charge on any atom is 0.234 e. The Morgan fingerprint density at radius 1 is 1.33 bits per heavy atom. The summed E-state index contributed by atoms with van der Waals surface area (Å²) in [6.45, 7) is 0. The van der Waals surface area contributed by atoms with Gasteiger partial charge < -0.3 is 0 Å². The Morgan fingerprint density at radius 3 is 2.50 bits per heavy atom. The van der Waals surface area contributed by atoms with Gasteiger partial charge >= 0.3 is 0 Å². The Hall–Kier alpha value is -1.65. The van der Waals surface area contributed by atoms with Gasteiger partial charge in [-0.25, -0.2) is 4.90 Å². The molecule has 1 aromatic heterocycles. The van der Waals surface area contributed by atoms with Crippen LogP contribution in [0.2, 0.25) is 0 Å². The standard InChI is InChI=1S/C7H7N3O2/c11-6-1-2-7(12)10(6)5-3-8-9-4-5/h3-4H,1-2H2,(H,8,9). The zero-order valence-electron chi connectivity index (χ0n) is 6.28. The highest BCUT2D eigenvalue weighted by molar-refractivity contribution is 6.19. The van der Waals surface area contributed by atoms with Crippen LogP contribution < -0.4 is 4.90 Å². The Morgan fingerprint density at radius 2 is 2.00 bits per heavy atom. The molecule has 5 nitrogen and oxygen atoms in total. The molecule has 62 valence electrons. The lowest BCUT2D eigenvalue weighted by molar-refractivity contribution is -0.121. The molecule has 1 N–H and O–H groups in total. The molecular formula is C7H7N3O2. The zero-order chi connectivity index (χ0) is 8.55. The van der Waals surface area contributed by atoms with Crippen molar-refractivity contribution >= 4 is 17.5 Å². The number of imide groups is 1. The molecule has 2 amide bonds. The van der Waals surface area contributed by atoms with Crippen LogP contribution in [-0.4, -0.2) is 22.0 Å². The minimum absolute atomic E-state index is 0.151. The molecule has 1 aromatic rings. The van der Waals surface area contributed by atoms with Crippen molar-refractivity contribution in [2.24, 2.45) is 0 Å². The highest BCUT2D eigenvalue weighted by Crippen LogP contribution is 2.20. The van der Waals surface area contributed by atoms with E-state index in [4.69, 9.17) is 0 Å². The first-order chi connectivity index (χ1) is 5.79. The third-order valence-corrected chi connectivity index (χ3v) is 1.79. The molecule has 1 fully saturated rings. The fourth-order valence-corrected chi connectivity index (χ4v) is 1.23. The minimum Gasteiger partial charge on any atom is -0.284 e. The first-order valence-corrected chi connectivity index (χ1v) is 3.63. The number of aromatic nitrogens is 2. The van der Waals surface area contributed by atoms with Crippen LogP contribution in [0.1, 0.15) is 12.8 Å². The molecule has 2 heterocycles. The molecule has 12 heavy (non-hydrogen) atoms. The van der Waals surface area contributed by atoms with Crippen LogP contribution >= 0.6 is 0 Å². The van der Waals surface area contributed by atoms with Gasteiger partial charge in [-0.05, 0) is 0 Å². The molecule has 0 spiro atoms. The quantitative estimate of drug-likeness (QED) is 0.598. The molecule has 0 aliphatic carbocycles. The van der Waals surface area contributed by atoms with E-state index in [0.29, 0.717) is 18.5 Å². The minimum atomic E-state index is -0.151. The Bertz CT molecular complexity index is 301. The fourth-order valence-electron chi connectivity index (χ4n) is 1.23. The lowest BCUT2D eigenvalue weighted by Crippen LogP contribution is -2.27. The second kappa shape index (κ2) is 2.44. The van der Waals surface area contributed by atoms with Gasteiger partial charge in [-0.3, -0.25) is 14.7 Å². The van der Waals surface area contributed by atoms with Crippen molar-refractivity contribution in [3.8, 4) is 0 Å². The zero-order valence-corrected chi connectivity index (χ0v) is 6.28. The number of hydrogen-bond donors (Lipinski definition) is 1. The van der Waals surface area contributed by atoms with E-state index in [1.165, 1.54) is 12.4 Å².